The van der Waals surface area contributed by atoms with Crippen LogP contribution in [0.2, 0.25) is 0 Å². The maximum atomic E-state index is 8.52. The van der Waals surface area contributed by atoms with Crippen molar-refractivity contribution in [2.45, 2.75) is 0 Å². The molecular weight excluding hydrogens is 164 g/mol. The zero-order chi connectivity index (χ0) is 4.50. The van der Waals surface area contributed by atoms with Crippen LogP contribution in [0.3, 0.4) is 0 Å². The Morgan fingerprint density at radius 3 is 1.14 bits per heavy atom. The summed E-state index contributed by atoms with van der Waals surface area (Å²) in [4.78, 5) is 0. The molecule has 0 aliphatic carbocycles. The zero-order valence-corrected chi connectivity index (χ0v) is 5.04. The molecule has 0 aromatic carbocycles. The molecule has 2 N–H and O–H groups in total. The predicted molar refractivity (Wildman–Crippen MR) is 14.1 cm³/mol. The molecule has 0 saturated heterocycles. The molecule has 0 aromatic rings. The van der Waals surface area contributed by atoms with Crippen molar-refractivity contribution in [1.29, 1.82) is 0 Å². The molecule has 0 aliphatic rings. The topological polar surface area (TPSA) is 112 Å². The second-order valence-corrected chi connectivity index (χ2v) is 1.22. The SMILES string of the molecule is O.O=S(=O)([O-])[O-].[Cr+3]. The van der Waals surface area contributed by atoms with Gasteiger partial charge in [0.05, 0.1) is 0 Å². The molecule has 0 saturated carbocycles. The van der Waals surface area contributed by atoms with Gasteiger partial charge in [-0.3, -0.25) is 8.42 Å². The Balaban J connectivity index is -0.0000000800. The van der Waals surface area contributed by atoms with Crippen molar-refractivity contribution >= 4 is 10.4 Å². The normalized spacial score (nSPS) is 8.29. The summed E-state index contributed by atoms with van der Waals surface area (Å²) in [7, 11) is -5.17. The molecule has 0 unspecified atom stereocenters. The first kappa shape index (κ1) is 15.7. The fourth-order valence-electron chi connectivity index (χ4n) is 0. The van der Waals surface area contributed by atoms with E-state index in [2.05, 4.69) is 0 Å². The predicted octanol–water partition coefficient (Wildman–Crippen LogP) is -2.17. The third-order valence-corrected chi connectivity index (χ3v) is 0. The Hall–Kier alpha value is 0.362. The van der Waals surface area contributed by atoms with E-state index in [1.807, 2.05) is 0 Å². The van der Waals surface area contributed by atoms with E-state index < -0.39 is 10.4 Å². The minimum Gasteiger partial charge on any atom is -0.759 e. The molecule has 0 aromatic heterocycles. The van der Waals surface area contributed by atoms with Crippen molar-refractivity contribution in [2.75, 3.05) is 0 Å². The van der Waals surface area contributed by atoms with Crippen LogP contribution in [0.4, 0.5) is 0 Å². The van der Waals surface area contributed by atoms with Gasteiger partial charge in [-0.25, -0.2) is 0 Å². The molecule has 43 valence electrons. The van der Waals surface area contributed by atoms with Crippen LogP contribution in [0.1, 0.15) is 0 Å². The first-order valence-corrected chi connectivity index (χ1v) is 2.00. The average Bonchev–Trinajstić information content (AvgIpc) is 0.722. The maximum Gasteiger partial charge on any atom is 3.00 e. The van der Waals surface area contributed by atoms with E-state index in [0.717, 1.165) is 0 Å². The molecule has 0 atom stereocenters. The molecule has 1 radical (unpaired) electrons. The van der Waals surface area contributed by atoms with Crippen molar-refractivity contribution in [3.63, 3.8) is 0 Å². The summed E-state index contributed by atoms with van der Waals surface area (Å²) in [5.41, 5.74) is 0. The fourth-order valence-corrected chi connectivity index (χ4v) is 0. The maximum absolute atomic E-state index is 8.52. The van der Waals surface area contributed by atoms with Gasteiger partial charge < -0.3 is 14.6 Å². The number of rotatable bonds is 0. The van der Waals surface area contributed by atoms with Gasteiger partial charge in [0.25, 0.3) is 0 Å². The summed E-state index contributed by atoms with van der Waals surface area (Å²) in [6.07, 6.45) is 0. The summed E-state index contributed by atoms with van der Waals surface area (Å²) in [5.74, 6) is 0. The Morgan fingerprint density at radius 1 is 1.14 bits per heavy atom. The zero-order valence-electron chi connectivity index (χ0n) is 2.95. The van der Waals surface area contributed by atoms with E-state index in [0.29, 0.717) is 0 Å². The molecule has 0 aliphatic heterocycles. The van der Waals surface area contributed by atoms with Crippen molar-refractivity contribution < 1.29 is 40.4 Å². The summed E-state index contributed by atoms with van der Waals surface area (Å²) < 4.78 is 34.1. The van der Waals surface area contributed by atoms with Gasteiger partial charge in [0.15, 0.2) is 0 Å². The third-order valence-electron chi connectivity index (χ3n) is 0. The van der Waals surface area contributed by atoms with Crippen molar-refractivity contribution in [3.8, 4) is 0 Å². The van der Waals surface area contributed by atoms with E-state index in [1.165, 1.54) is 0 Å². The van der Waals surface area contributed by atoms with Gasteiger partial charge in [0, 0.05) is 10.4 Å². The van der Waals surface area contributed by atoms with Gasteiger partial charge in [-0.1, -0.05) is 0 Å². The summed E-state index contributed by atoms with van der Waals surface area (Å²) >= 11 is 0. The van der Waals surface area contributed by atoms with Crippen molar-refractivity contribution in [1.82, 2.24) is 0 Å². The minimum atomic E-state index is -5.17. The van der Waals surface area contributed by atoms with Crippen LogP contribution in [-0.4, -0.2) is 23.0 Å². The van der Waals surface area contributed by atoms with Crippen LogP contribution in [-0.2, 0) is 27.8 Å². The summed E-state index contributed by atoms with van der Waals surface area (Å²) in [6.45, 7) is 0. The third kappa shape index (κ3) is 922. The first-order chi connectivity index (χ1) is 2.00. The summed E-state index contributed by atoms with van der Waals surface area (Å²) in [6, 6.07) is 0. The molecule has 0 amide bonds. The van der Waals surface area contributed by atoms with Gasteiger partial charge >= 0.3 is 17.4 Å². The summed E-state index contributed by atoms with van der Waals surface area (Å²) in [5, 5.41) is 0. The van der Waals surface area contributed by atoms with Crippen LogP contribution in [0, 0.1) is 0 Å². The molecule has 0 spiro atoms. The van der Waals surface area contributed by atoms with E-state index in [9.17, 15) is 0 Å². The monoisotopic (exact) mass is 166 g/mol. The van der Waals surface area contributed by atoms with Crippen LogP contribution in [0.15, 0.2) is 0 Å². The molecular formula is H2CrO5S+. The van der Waals surface area contributed by atoms with E-state index in [4.69, 9.17) is 17.5 Å². The smallest absolute Gasteiger partial charge is 0.759 e. The van der Waals surface area contributed by atoms with Crippen molar-refractivity contribution in [2.24, 2.45) is 0 Å². The average molecular weight is 166 g/mol. The molecule has 7 heavy (non-hydrogen) atoms. The molecule has 0 bridgehead atoms. The Morgan fingerprint density at radius 2 is 1.14 bits per heavy atom. The molecule has 0 fully saturated rings. The molecule has 7 heteroatoms. The first-order valence-electron chi connectivity index (χ1n) is 0.667. The van der Waals surface area contributed by atoms with Gasteiger partial charge in [-0.15, -0.1) is 0 Å². The van der Waals surface area contributed by atoms with Gasteiger partial charge in [0.2, 0.25) is 0 Å². The van der Waals surface area contributed by atoms with Crippen LogP contribution in [0.5, 0.6) is 0 Å². The Labute approximate surface area is 51.4 Å². The second kappa shape index (κ2) is 4.52. The standard InChI is InChI=1S/Cr.H2O4S.H2O/c;1-5(2,3)4;/h;(H2,1,2,3,4);1H2/q+3;;/p-2. The quantitative estimate of drug-likeness (QED) is 0.301. The van der Waals surface area contributed by atoms with Gasteiger partial charge in [-0.2, -0.15) is 0 Å². The molecule has 0 rings (SSSR count). The number of hydrogen-bond acceptors (Lipinski definition) is 4. The van der Waals surface area contributed by atoms with E-state index >= 15 is 0 Å². The van der Waals surface area contributed by atoms with Crippen LogP contribution in [0.25, 0.3) is 0 Å². The van der Waals surface area contributed by atoms with Crippen molar-refractivity contribution in [3.05, 3.63) is 0 Å². The van der Waals surface area contributed by atoms with E-state index in [1.54, 1.807) is 0 Å². The largest absolute Gasteiger partial charge is 3.00 e. The van der Waals surface area contributed by atoms with Crippen LogP contribution < -0.4 is 0 Å². The second-order valence-electron chi connectivity index (χ2n) is 0.408. The Bertz CT molecular complexity index is 91.2. The Kier molecular flexibility index (Phi) is 10.1. The molecule has 0 heterocycles. The van der Waals surface area contributed by atoms with Gasteiger partial charge in [-0.05, 0) is 0 Å². The van der Waals surface area contributed by atoms with Crippen LogP contribution >= 0.6 is 0 Å². The van der Waals surface area contributed by atoms with E-state index in [-0.39, 0.29) is 22.8 Å². The molecule has 5 nitrogen and oxygen atoms in total. The fraction of sp³-hybridized carbons (Fsp3) is 0. The van der Waals surface area contributed by atoms with Gasteiger partial charge in [0.1, 0.15) is 0 Å². The number of hydrogen-bond donors (Lipinski definition) is 0. The minimum absolute atomic E-state index is 0.